The van der Waals surface area contributed by atoms with Gasteiger partial charge in [-0.15, -0.1) is 0 Å². The fourth-order valence-electron chi connectivity index (χ4n) is 9.26. The van der Waals surface area contributed by atoms with E-state index in [0.29, 0.717) is 45.2 Å². The van der Waals surface area contributed by atoms with Crippen molar-refractivity contribution in [3.63, 3.8) is 0 Å². The van der Waals surface area contributed by atoms with Crippen LogP contribution in [0.2, 0.25) is 0 Å². The second kappa shape index (κ2) is 18.9. The molecule has 0 aromatic heterocycles. The first kappa shape index (κ1) is 42.8. The molecule has 314 valence electrons. The first-order chi connectivity index (χ1) is 27.9. The van der Waals surface area contributed by atoms with Gasteiger partial charge in [0.15, 0.2) is 0 Å². The van der Waals surface area contributed by atoms with Gasteiger partial charge in [0, 0.05) is 19.0 Å². The quantitative estimate of drug-likeness (QED) is 0.182. The third-order valence-corrected chi connectivity index (χ3v) is 13.1. The molecule has 13 heteroatoms. The smallest absolute Gasteiger partial charge is 0.245 e. The Labute approximate surface area is 343 Å². The third kappa shape index (κ3) is 8.79. The van der Waals surface area contributed by atoms with Crippen molar-refractivity contribution in [1.82, 2.24) is 36.4 Å². The highest BCUT2D eigenvalue weighted by atomic mass is 16.2. The number of benzene rings is 2. The number of hydrogen-bond donors (Lipinski definition) is 5. The summed E-state index contributed by atoms with van der Waals surface area (Å²) in [6.45, 7) is 10.2. The molecule has 0 radical (unpaired) electrons. The summed E-state index contributed by atoms with van der Waals surface area (Å²) in [5.74, 6) is -1.32. The maximum absolute atomic E-state index is 13.9. The molecule has 6 rings (SSSR count). The van der Waals surface area contributed by atoms with E-state index >= 15 is 0 Å². The fraction of sp³-hybridized carbons (Fsp3) is 0.600. The number of rotatable bonds is 15. The zero-order valence-electron chi connectivity index (χ0n) is 35.1. The van der Waals surface area contributed by atoms with E-state index in [1.165, 1.54) is 11.1 Å². The van der Waals surface area contributed by atoms with Crippen LogP contribution in [0.3, 0.4) is 0 Å². The highest BCUT2D eigenvalue weighted by Gasteiger charge is 2.41. The van der Waals surface area contributed by atoms with Crippen molar-refractivity contribution in [2.45, 2.75) is 148 Å². The SMILES string of the molecule is CC[C@@H](C)C(=O)N[C@@H](CC)C(=O)N1CCC[C@H]1C(=O)N[C@@H]1CCc2c(-c3cccc4c3CC[C@H]4NC(=O)[C@@H]3CCCN3C(=O)[C@H](CC)NC(=O)[C@H](C)NC)cccc21. The normalized spacial score (nSPS) is 23.0. The molecule has 58 heavy (non-hydrogen) atoms. The van der Waals surface area contributed by atoms with Gasteiger partial charge in [-0.05, 0) is 118 Å². The average molecular weight is 798 g/mol. The first-order valence-electron chi connectivity index (χ1n) is 21.7. The molecule has 13 nitrogen and oxygen atoms in total. The van der Waals surface area contributed by atoms with E-state index in [9.17, 15) is 28.8 Å². The van der Waals surface area contributed by atoms with Gasteiger partial charge >= 0.3 is 0 Å². The summed E-state index contributed by atoms with van der Waals surface area (Å²) in [6.07, 6.45) is 7.29. The summed E-state index contributed by atoms with van der Waals surface area (Å²) in [7, 11) is 1.70. The van der Waals surface area contributed by atoms with Crippen molar-refractivity contribution >= 4 is 35.4 Å². The molecule has 0 bridgehead atoms. The highest BCUT2D eigenvalue weighted by molar-refractivity contribution is 5.94. The predicted octanol–water partition coefficient (Wildman–Crippen LogP) is 3.99. The summed E-state index contributed by atoms with van der Waals surface area (Å²) < 4.78 is 0. The Morgan fingerprint density at radius 1 is 0.638 bits per heavy atom. The summed E-state index contributed by atoms with van der Waals surface area (Å²) >= 11 is 0. The third-order valence-electron chi connectivity index (χ3n) is 13.1. The van der Waals surface area contributed by atoms with Crippen LogP contribution in [0.1, 0.15) is 127 Å². The molecule has 5 N–H and O–H groups in total. The standard InChI is InChI=1S/C45H63N7O6/c1-7-26(4)40(53)47-34(8-2)44(57)51-24-12-18-38(51)42(55)49-36-22-20-30-28(14-10-16-32(30)36)29-15-11-17-33-31(29)21-23-37(33)50-43(56)39-19-13-25-52(39)45(58)35(9-3)48-41(54)27(5)46-6/h10-11,14-17,26-27,34-39,46H,7-9,12-13,18-25H2,1-6H3,(H,47,53)(H,48,54)(H,49,55)(H,50,56)/t26-,27+,34+,35+,36-,37-,38+,39+/m1/s1. The maximum atomic E-state index is 13.9. The Bertz CT molecular complexity index is 1750. The van der Waals surface area contributed by atoms with Crippen LogP contribution in [-0.4, -0.2) is 95.6 Å². The van der Waals surface area contributed by atoms with E-state index in [2.05, 4.69) is 50.8 Å². The van der Waals surface area contributed by atoms with Crippen molar-refractivity contribution in [3.8, 4) is 11.1 Å². The van der Waals surface area contributed by atoms with Gasteiger partial charge in [-0.3, -0.25) is 28.8 Å². The molecule has 6 amide bonds. The van der Waals surface area contributed by atoms with E-state index in [-0.39, 0.29) is 53.4 Å². The maximum Gasteiger partial charge on any atom is 0.245 e. The van der Waals surface area contributed by atoms with Crippen LogP contribution in [-0.2, 0) is 41.6 Å². The Kier molecular flexibility index (Phi) is 13.9. The molecule has 2 saturated heterocycles. The van der Waals surface area contributed by atoms with Gasteiger partial charge in [0.1, 0.15) is 24.2 Å². The second-order valence-electron chi connectivity index (χ2n) is 16.6. The van der Waals surface area contributed by atoms with Crippen molar-refractivity contribution in [2.75, 3.05) is 20.1 Å². The first-order valence-corrected chi connectivity index (χ1v) is 21.7. The summed E-state index contributed by atoms with van der Waals surface area (Å²) in [5.41, 5.74) is 6.83. The fourth-order valence-corrected chi connectivity index (χ4v) is 9.26. The molecule has 4 aliphatic rings. The largest absolute Gasteiger partial charge is 0.347 e. The number of likely N-dealkylation sites (tertiary alicyclic amines) is 2. The van der Waals surface area contributed by atoms with Crippen LogP contribution >= 0.6 is 0 Å². The van der Waals surface area contributed by atoms with E-state index < -0.39 is 30.2 Å². The van der Waals surface area contributed by atoms with Crippen molar-refractivity contribution in [2.24, 2.45) is 5.92 Å². The van der Waals surface area contributed by atoms with Gasteiger partial charge in [-0.1, -0.05) is 64.1 Å². The minimum absolute atomic E-state index is 0.140. The van der Waals surface area contributed by atoms with E-state index in [4.69, 9.17) is 0 Å². The number of nitrogens with zero attached hydrogens (tertiary/aromatic N) is 2. The lowest BCUT2D eigenvalue weighted by Gasteiger charge is -2.29. The molecule has 2 aliphatic heterocycles. The molecule has 0 unspecified atom stereocenters. The topological polar surface area (TPSA) is 169 Å². The molecule has 2 aromatic rings. The predicted molar refractivity (Wildman–Crippen MR) is 222 cm³/mol. The zero-order chi connectivity index (χ0) is 41.7. The molecule has 0 saturated carbocycles. The van der Waals surface area contributed by atoms with E-state index in [1.807, 2.05) is 39.8 Å². The Morgan fingerprint density at radius 3 is 1.50 bits per heavy atom. The summed E-state index contributed by atoms with van der Waals surface area (Å²) in [5, 5.41) is 15.2. The molecule has 0 spiro atoms. The van der Waals surface area contributed by atoms with Crippen LogP contribution < -0.4 is 26.6 Å². The van der Waals surface area contributed by atoms with Crippen molar-refractivity contribution < 1.29 is 28.8 Å². The van der Waals surface area contributed by atoms with Crippen LogP contribution in [0.25, 0.3) is 11.1 Å². The molecule has 2 fully saturated rings. The van der Waals surface area contributed by atoms with Gasteiger partial charge < -0.3 is 36.4 Å². The van der Waals surface area contributed by atoms with Crippen LogP contribution in [0, 0.1) is 5.92 Å². The number of carbonyl (C=O) groups is 6. The van der Waals surface area contributed by atoms with Crippen LogP contribution in [0.4, 0.5) is 0 Å². The van der Waals surface area contributed by atoms with Crippen LogP contribution in [0.5, 0.6) is 0 Å². The number of amides is 6. The second-order valence-corrected chi connectivity index (χ2v) is 16.6. The summed E-state index contributed by atoms with van der Waals surface area (Å²) in [4.78, 5) is 83.4. The van der Waals surface area contributed by atoms with Gasteiger partial charge in [0.25, 0.3) is 0 Å². The van der Waals surface area contributed by atoms with E-state index in [1.54, 1.807) is 23.8 Å². The molecule has 2 aromatic carbocycles. The molecular formula is C45H63N7O6. The Balaban J connectivity index is 1.13. The van der Waals surface area contributed by atoms with Crippen molar-refractivity contribution in [3.05, 3.63) is 58.7 Å². The minimum atomic E-state index is -0.693. The Hall–Kier alpha value is -4.78. The van der Waals surface area contributed by atoms with E-state index in [0.717, 1.165) is 60.8 Å². The number of fused-ring (bicyclic) bond motifs is 2. The monoisotopic (exact) mass is 797 g/mol. The average Bonchev–Trinajstić information content (AvgIpc) is 4.07. The lowest BCUT2D eigenvalue weighted by molar-refractivity contribution is -0.142. The van der Waals surface area contributed by atoms with Gasteiger partial charge in [-0.25, -0.2) is 0 Å². The Morgan fingerprint density at radius 2 is 1.09 bits per heavy atom. The number of hydrogen-bond acceptors (Lipinski definition) is 7. The highest BCUT2D eigenvalue weighted by Crippen LogP contribution is 2.43. The molecular weight excluding hydrogens is 735 g/mol. The van der Waals surface area contributed by atoms with Crippen LogP contribution in [0.15, 0.2) is 36.4 Å². The zero-order valence-corrected chi connectivity index (χ0v) is 35.1. The molecule has 2 aliphatic carbocycles. The minimum Gasteiger partial charge on any atom is -0.347 e. The summed E-state index contributed by atoms with van der Waals surface area (Å²) in [6, 6.07) is 9.22. The lowest BCUT2D eigenvalue weighted by Crippen LogP contribution is -2.55. The molecule has 2 heterocycles. The number of nitrogens with one attached hydrogen (secondary N) is 5. The van der Waals surface area contributed by atoms with Crippen molar-refractivity contribution in [1.29, 1.82) is 0 Å². The van der Waals surface area contributed by atoms with Gasteiger partial charge in [0.05, 0.1) is 18.1 Å². The number of likely N-dealkylation sites (N-methyl/N-ethyl adjacent to an activating group) is 1. The van der Waals surface area contributed by atoms with Gasteiger partial charge in [-0.2, -0.15) is 0 Å². The molecule has 8 atom stereocenters. The van der Waals surface area contributed by atoms with Gasteiger partial charge in [0.2, 0.25) is 35.4 Å². The number of carbonyl (C=O) groups excluding carboxylic acids is 6. The lowest BCUT2D eigenvalue weighted by atomic mass is 9.91.